The van der Waals surface area contributed by atoms with Gasteiger partial charge in [0, 0.05) is 19.9 Å². The Morgan fingerprint density at radius 2 is 2.16 bits per heavy atom. The second-order valence-electron chi connectivity index (χ2n) is 5.17. The van der Waals surface area contributed by atoms with Crippen molar-refractivity contribution < 1.29 is 14.4 Å². The van der Waals surface area contributed by atoms with E-state index in [4.69, 9.17) is 5.73 Å². The smallest absolute Gasteiger partial charge is 0.251 e. The standard InChI is InChI=1S/C13H23N3O3/c1-9(7-8-14)3-5-11(17)15-10-4-6-12(18)16(2)13(10)19/h9-10H,3-8,14H2,1-2H3,(H,15,17). The molecule has 0 aliphatic carbocycles. The normalized spacial score (nSPS) is 21.4. The molecular formula is C13H23N3O3. The van der Waals surface area contributed by atoms with Crippen LogP contribution in [0, 0.1) is 5.92 Å². The van der Waals surface area contributed by atoms with Crippen molar-refractivity contribution in [1.82, 2.24) is 10.2 Å². The van der Waals surface area contributed by atoms with E-state index in [1.165, 1.54) is 7.05 Å². The van der Waals surface area contributed by atoms with Crippen molar-refractivity contribution in [2.75, 3.05) is 13.6 Å². The molecule has 0 radical (unpaired) electrons. The van der Waals surface area contributed by atoms with Gasteiger partial charge in [-0.3, -0.25) is 19.3 Å². The summed E-state index contributed by atoms with van der Waals surface area (Å²) in [6.45, 7) is 2.68. The molecule has 6 nitrogen and oxygen atoms in total. The molecule has 1 heterocycles. The molecule has 1 fully saturated rings. The van der Waals surface area contributed by atoms with Crippen molar-refractivity contribution in [3.8, 4) is 0 Å². The SMILES string of the molecule is CC(CCN)CCC(=O)NC1CCC(=O)N(C)C1=O. The highest BCUT2D eigenvalue weighted by atomic mass is 16.2. The number of piperidine rings is 1. The van der Waals surface area contributed by atoms with Gasteiger partial charge >= 0.3 is 0 Å². The van der Waals surface area contributed by atoms with Gasteiger partial charge in [0.05, 0.1) is 0 Å². The predicted molar refractivity (Wildman–Crippen MR) is 71.0 cm³/mol. The summed E-state index contributed by atoms with van der Waals surface area (Å²) in [5.74, 6) is -0.237. The highest BCUT2D eigenvalue weighted by molar-refractivity contribution is 6.01. The van der Waals surface area contributed by atoms with Gasteiger partial charge in [-0.15, -0.1) is 0 Å². The maximum atomic E-state index is 11.8. The zero-order valence-electron chi connectivity index (χ0n) is 11.6. The number of nitrogens with one attached hydrogen (secondary N) is 1. The second kappa shape index (κ2) is 7.23. The lowest BCUT2D eigenvalue weighted by Crippen LogP contribution is -2.52. The summed E-state index contributed by atoms with van der Waals surface area (Å²) in [5.41, 5.74) is 5.45. The molecule has 19 heavy (non-hydrogen) atoms. The van der Waals surface area contributed by atoms with E-state index in [2.05, 4.69) is 12.2 Å². The van der Waals surface area contributed by atoms with Crippen LogP contribution in [0.15, 0.2) is 0 Å². The largest absolute Gasteiger partial charge is 0.344 e. The fraction of sp³-hybridized carbons (Fsp3) is 0.769. The van der Waals surface area contributed by atoms with E-state index in [-0.39, 0.29) is 17.7 Å². The third-order valence-corrected chi connectivity index (χ3v) is 3.51. The fourth-order valence-corrected chi connectivity index (χ4v) is 2.12. The summed E-state index contributed by atoms with van der Waals surface area (Å²) >= 11 is 0. The van der Waals surface area contributed by atoms with Crippen molar-refractivity contribution >= 4 is 17.7 Å². The molecule has 0 saturated carbocycles. The molecule has 0 aromatic rings. The molecule has 108 valence electrons. The molecule has 1 rings (SSSR count). The van der Waals surface area contributed by atoms with Crippen molar-refractivity contribution in [3.63, 3.8) is 0 Å². The molecule has 0 bridgehead atoms. The quantitative estimate of drug-likeness (QED) is 0.665. The van der Waals surface area contributed by atoms with E-state index < -0.39 is 6.04 Å². The first-order valence-corrected chi connectivity index (χ1v) is 6.75. The first kappa shape index (κ1) is 15.6. The summed E-state index contributed by atoms with van der Waals surface area (Å²) in [4.78, 5) is 35.9. The lowest BCUT2D eigenvalue weighted by molar-refractivity contribution is -0.149. The Bertz CT molecular complexity index is 357. The van der Waals surface area contributed by atoms with Gasteiger partial charge in [-0.25, -0.2) is 0 Å². The molecule has 0 aromatic heterocycles. The molecule has 1 aliphatic heterocycles. The highest BCUT2D eigenvalue weighted by Crippen LogP contribution is 2.13. The number of nitrogens with zero attached hydrogens (tertiary/aromatic N) is 1. The minimum absolute atomic E-state index is 0.134. The first-order valence-electron chi connectivity index (χ1n) is 6.75. The Morgan fingerprint density at radius 3 is 2.79 bits per heavy atom. The number of hydrogen-bond acceptors (Lipinski definition) is 4. The highest BCUT2D eigenvalue weighted by Gasteiger charge is 2.32. The topological polar surface area (TPSA) is 92.5 Å². The lowest BCUT2D eigenvalue weighted by Gasteiger charge is -2.28. The second-order valence-corrected chi connectivity index (χ2v) is 5.17. The van der Waals surface area contributed by atoms with Gasteiger partial charge in [0.2, 0.25) is 11.8 Å². The molecule has 1 aliphatic rings. The Balaban J connectivity index is 2.36. The van der Waals surface area contributed by atoms with E-state index >= 15 is 0 Å². The maximum absolute atomic E-state index is 11.8. The van der Waals surface area contributed by atoms with Crippen LogP contribution in [-0.4, -0.2) is 42.3 Å². The minimum Gasteiger partial charge on any atom is -0.344 e. The van der Waals surface area contributed by atoms with E-state index in [9.17, 15) is 14.4 Å². The number of hydrogen-bond donors (Lipinski definition) is 2. The third-order valence-electron chi connectivity index (χ3n) is 3.51. The molecule has 2 atom stereocenters. The summed E-state index contributed by atoms with van der Waals surface area (Å²) in [6.07, 6.45) is 2.75. The van der Waals surface area contributed by atoms with Crippen molar-refractivity contribution in [1.29, 1.82) is 0 Å². The van der Waals surface area contributed by atoms with Crippen LogP contribution in [0.1, 0.15) is 39.0 Å². The predicted octanol–water partition coefficient (Wildman–Crippen LogP) is 0.0151. The Kier molecular flexibility index (Phi) is 5.95. The number of rotatable bonds is 6. The van der Waals surface area contributed by atoms with E-state index in [0.29, 0.717) is 31.7 Å². The zero-order valence-corrected chi connectivity index (χ0v) is 11.6. The number of nitrogens with two attached hydrogens (primary N) is 1. The number of carbonyl (C=O) groups excluding carboxylic acids is 3. The van der Waals surface area contributed by atoms with E-state index in [1.807, 2.05) is 0 Å². The van der Waals surface area contributed by atoms with Crippen LogP contribution < -0.4 is 11.1 Å². The molecule has 3 amide bonds. The van der Waals surface area contributed by atoms with Gasteiger partial charge in [-0.1, -0.05) is 6.92 Å². The number of carbonyl (C=O) groups is 3. The summed E-state index contributed by atoms with van der Waals surface area (Å²) < 4.78 is 0. The molecular weight excluding hydrogens is 246 g/mol. The average molecular weight is 269 g/mol. The molecule has 2 unspecified atom stereocenters. The van der Waals surface area contributed by atoms with Crippen molar-refractivity contribution in [2.24, 2.45) is 11.7 Å². The summed E-state index contributed by atoms with van der Waals surface area (Å²) in [7, 11) is 1.45. The van der Waals surface area contributed by atoms with Gasteiger partial charge in [-0.2, -0.15) is 0 Å². The molecule has 1 saturated heterocycles. The molecule has 0 spiro atoms. The van der Waals surface area contributed by atoms with Gasteiger partial charge in [-0.05, 0) is 31.7 Å². The Morgan fingerprint density at radius 1 is 1.47 bits per heavy atom. The van der Waals surface area contributed by atoms with Crippen LogP contribution in [0.3, 0.4) is 0 Å². The zero-order chi connectivity index (χ0) is 14.4. The van der Waals surface area contributed by atoms with Crippen LogP contribution in [0.2, 0.25) is 0 Å². The number of likely N-dealkylation sites (N-methyl/N-ethyl adjacent to an activating group) is 1. The maximum Gasteiger partial charge on any atom is 0.251 e. The van der Waals surface area contributed by atoms with Crippen LogP contribution in [0.4, 0.5) is 0 Å². The Labute approximate surface area is 113 Å². The van der Waals surface area contributed by atoms with Gasteiger partial charge < -0.3 is 11.1 Å². The third kappa shape index (κ3) is 4.63. The van der Waals surface area contributed by atoms with Crippen LogP contribution in [0.5, 0.6) is 0 Å². The number of imide groups is 1. The van der Waals surface area contributed by atoms with E-state index in [1.54, 1.807) is 0 Å². The van der Waals surface area contributed by atoms with Crippen molar-refractivity contribution in [3.05, 3.63) is 0 Å². The van der Waals surface area contributed by atoms with Crippen LogP contribution in [-0.2, 0) is 14.4 Å². The Hall–Kier alpha value is -1.43. The number of amides is 3. The lowest BCUT2D eigenvalue weighted by atomic mass is 10.0. The molecule has 0 aromatic carbocycles. The van der Waals surface area contributed by atoms with Crippen LogP contribution >= 0.6 is 0 Å². The van der Waals surface area contributed by atoms with Crippen molar-refractivity contribution in [2.45, 2.75) is 45.1 Å². The summed E-state index contributed by atoms with van der Waals surface area (Å²) in [5, 5.41) is 2.70. The number of likely N-dealkylation sites (tertiary alicyclic amines) is 1. The van der Waals surface area contributed by atoms with Crippen LogP contribution in [0.25, 0.3) is 0 Å². The minimum atomic E-state index is -0.556. The average Bonchev–Trinajstić information content (AvgIpc) is 2.37. The molecule has 6 heteroatoms. The fourth-order valence-electron chi connectivity index (χ4n) is 2.12. The first-order chi connectivity index (χ1) is 8.95. The van der Waals surface area contributed by atoms with Gasteiger partial charge in [0.25, 0.3) is 5.91 Å². The van der Waals surface area contributed by atoms with Gasteiger partial charge in [0.15, 0.2) is 0 Å². The monoisotopic (exact) mass is 269 g/mol. The summed E-state index contributed by atoms with van der Waals surface area (Å²) in [6, 6.07) is -0.556. The van der Waals surface area contributed by atoms with Gasteiger partial charge in [0.1, 0.15) is 6.04 Å². The molecule has 3 N–H and O–H groups in total. The van der Waals surface area contributed by atoms with E-state index in [0.717, 1.165) is 17.7 Å².